The van der Waals surface area contributed by atoms with Crippen molar-refractivity contribution in [1.82, 2.24) is 19.8 Å². The number of hydrogen-bond acceptors (Lipinski definition) is 7. The Morgan fingerprint density at radius 3 is 2.33 bits per heavy atom. The molecular formula is C34H42N6O3. The van der Waals surface area contributed by atoms with Gasteiger partial charge < -0.3 is 19.4 Å². The highest BCUT2D eigenvalue weighted by molar-refractivity contribution is 5.97. The number of piperidine rings is 1. The van der Waals surface area contributed by atoms with Gasteiger partial charge >= 0.3 is 0 Å². The first-order valence-electron chi connectivity index (χ1n) is 15.8. The molecule has 0 atom stereocenters. The Morgan fingerprint density at radius 2 is 1.56 bits per heavy atom. The van der Waals surface area contributed by atoms with Crippen molar-refractivity contribution in [3.63, 3.8) is 0 Å². The Morgan fingerprint density at radius 1 is 0.814 bits per heavy atom. The van der Waals surface area contributed by atoms with Gasteiger partial charge in [-0.25, -0.2) is 9.97 Å². The van der Waals surface area contributed by atoms with E-state index in [0.717, 1.165) is 88.6 Å². The third-order valence-corrected chi connectivity index (χ3v) is 8.94. The Labute approximate surface area is 254 Å². The Bertz CT molecular complexity index is 1350. The SMILES string of the molecule is O=C(c1ccc(OCCCCCN2CCN(c3ncccn3)CC2)cc1)N1CCC(N2C(=O)CCc3ccccc32)CC1. The molecule has 3 aliphatic rings. The van der Waals surface area contributed by atoms with Gasteiger partial charge in [0.05, 0.1) is 6.61 Å². The maximum Gasteiger partial charge on any atom is 0.253 e. The number of para-hydroxylation sites is 1. The van der Waals surface area contributed by atoms with E-state index in [1.165, 1.54) is 5.56 Å². The van der Waals surface area contributed by atoms with Gasteiger partial charge in [0.25, 0.3) is 5.91 Å². The fourth-order valence-electron chi connectivity index (χ4n) is 6.49. The summed E-state index contributed by atoms with van der Waals surface area (Å²) in [6, 6.07) is 17.8. The Balaban J connectivity index is 0.876. The fraction of sp³-hybridized carbons (Fsp3) is 0.471. The van der Waals surface area contributed by atoms with Crippen LogP contribution in [0.15, 0.2) is 67.0 Å². The molecule has 0 unspecified atom stereocenters. The van der Waals surface area contributed by atoms with Crippen molar-refractivity contribution in [2.24, 2.45) is 0 Å². The van der Waals surface area contributed by atoms with Crippen molar-refractivity contribution >= 4 is 23.5 Å². The average molecular weight is 583 g/mol. The molecular weight excluding hydrogens is 540 g/mol. The highest BCUT2D eigenvalue weighted by Gasteiger charge is 2.33. The van der Waals surface area contributed by atoms with E-state index in [1.807, 2.05) is 52.3 Å². The number of piperazine rings is 1. The van der Waals surface area contributed by atoms with Gasteiger partial charge in [-0.2, -0.15) is 0 Å². The topological polar surface area (TPSA) is 82.1 Å². The number of carbonyl (C=O) groups is 2. The molecule has 0 bridgehead atoms. The van der Waals surface area contributed by atoms with Crippen molar-refractivity contribution in [1.29, 1.82) is 0 Å². The number of nitrogens with zero attached hydrogens (tertiary/aromatic N) is 6. The number of rotatable bonds is 10. The molecule has 0 radical (unpaired) electrons. The van der Waals surface area contributed by atoms with E-state index >= 15 is 0 Å². The molecule has 1 aromatic heterocycles. The van der Waals surface area contributed by atoms with Crippen LogP contribution in [-0.2, 0) is 11.2 Å². The normalized spacial score (nSPS) is 18.0. The van der Waals surface area contributed by atoms with Crippen molar-refractivity contribution < 1.29 is 14.3 Å². The number of aromatic nitrogens is 2. The second kappa shape index (κ2) is 14.0. The van der Waals surface area contributed by atoms with E-state index in [4.69, 9.17) is 4.74 Å². The third kappa shape index (κ3) is 7.16. The highest BCUT2D eigenvalue weighted by Crippen LogP contribution is 2.32. The van der Waals surface area contributed by atoms with Crippen LogP contribution in [-0.4, -0.2) is 90.0 Å². The molecule has 6 rings (SSSR count). The highest BCUT2D eigenvalue weighted by atomic mass is 16.5. The zero-order valence-corrected chi connectivity index (χ0v) is 24.9. The van der Waals surface area contributed by atoms with E-state index in [9.17, 15) is 9.59 Å². The summed E-state index contributed by atoms with van der Waals surface area (Å²) in [7, 11) is 0. The molecule has 9 nitrogen and oxygen atoms in total. The summed E-state index contributed by atoms with van der Waals surface area (Å²) in [5.41, 5.74) is 2.98. The number of anilines is 2. The lowest BCUT2D eigenvalue weighted by Gasteiger charge is -2.41. The van der Waals surface area contributed by atoms with Crippen LogP contribution in [0.5, 0.6) is 5.75 Å². The first-order valence-corrected chi connectivity index (χ1v) is 15.8. The number of fused-ring (bicyclic) bond motifs is 1. The summed E-state index contributed by atoms with van der Waals surface area (Å²) in [4.78, 5) is 43.4. The van der Waals surface area contributed by atoms with Gasteiger partial charge in [-0.15, -0.1) is 0 Å². The van der Waals surface area contributed by atoms with Gasteiger partial charge in [0.2, 0.25) is 11.9 Å². The number of benzene rings is 2. The maximum absolute atomic E-state index is 13.2. The van der Waals surface area contributed by atoms with Crippen LogP contribution < -0.4 is 14.5 Å². The third-order valence-electron chi connectivity index (χ3n) is 8.94. The van der Waals surface area contributed by atoms with Gasteiger partial charge in [0.1, 0.15) is 5.75 Å². The minimum Gasteiger partial charge on any atom is -0.494 e. The smallest absolute Gasteiger partial charge is 0.253 e. The Kier molecular flexibility index (Phi) is 9.47. The number of likely N-dealkylation sites (tertiary alicyclic amines) is 1. The predicted molar refractivity (Wildman–Crippen MR) is 168 cm³/mol. The molecule has 2 amide bonds. The van der Waals surface area contributed by atoms with Crippen LogP contribution in [0.2, 0.25) is 0 Å². The summed E-state index contributed by atoms with van der Waals surface area (Å²) in [5, 5.41) is 0. The van der Waals surface area contributed by atoms with Gasteiger partial charge in [-0.05, 0) is 87.0 Å². The number of aryl methyl sites for hydroxylation is 1. The molecule has 4 heterocycles. The molecule has 0 spiro atoms. The Hall–Kier alpha value is -3.98. The van der Waals surface area contributed by atoms with Gasteiger partial charge in [-0.1, -0.05) is 18.2 Å². The second-order valence-corrected chi connectivity index (χ2v) is 11.7. The zero-order valence-electron chi connectivity index (χ0n) is 24.9. The molecule has 3 aliphatic heterocycles. The van der Waals surface area contributed by atoms with E-state index < -0.39 is 0 Å². The van der Waals surface area contributed by atoms with Crippen LogP contribution in [0.3, 0.4) is 0 Å². The number of carbonyl (C=O) groups excluding carboxylic acids is 2. The second-order valence-electron chi connectivity index (χ2n) is 11.7. The van der Waals surface area contributed by atoms with E-state index in [0.29, 0.717) is 31.7 Å². The van der Waals surface area contributed by atoms with Crippen LogP contribution in [0.4, 0.5) is 11.6 Å². The lowest BCUT2D eigenvalue weighted by Crippen LogP contribution is -2.50. The van der Waals surface area contributed by atoms with Crippen LogP contribution in [0.1, 0.15) is 54.4 Å². The number of amides is 2. The molecule has 2 fully saturated rings. The molecule has 43 heavy (non-hydrogen) atoms. The van der Waals surface area contributed by atoms with Crippen molar-refractivity contribution in [2.75, 3.05) is 62.2 Å². The van der Waals surface area contributed by atoms with Gasteiger partial charge in [0.15, 0.2) is 0 Å². The van der Waals surface area contributed by atoms with Gasteiger partial charge in [0, 0.05) is 75.4 Å². The predicted octanol–water partition coefficient (Wildman–Crippen LogP) is 4.43. The lowest BCUT2D eigenvalue weighted by atomic mass is 9.95. The number of hydrogen-bond donors (Lipinski definition) is 0. The van der Waals surface area contributed by atoms with Crippen LogP contribution in [0.25, 0.3) is 0 Å². The summed E-state index contributed by atoms with van der Waals surface area (Å²) < 4.78 is 5.96. The average Bonchev–Trinajstić information content (AvgIpc) is 3.07. The van der Waals surface area contributed by atoms with Crippen molar-refractivity contribution in [3.8, 4) is 5.75 Å². The standard InChI is InChI=1S/C34H42N6O3/c41-32-14-11-27-7-2-3-8-31(27)40(32)29-15-20-38(21-16-29)33(42)28-9-12-30(13-10-28)43-26-5-1-4-19-37-22-24-39(25-23-37)34-35-17-6-18-36-34/h2-3,6-10,12-13,17-18,29H,1,4-5,11,14-16,19-26H2. The van der Waals surface area contributed by atoms with E-state index in [2.05, 4.69) is 31.9 Å². The first-order chi connectivity index (χ1) is 21.2. The molecule has 0 saturated carbocycles. The fourth-order valence-corrected chi connectivity index (χ4v) is 6.49. The summed E-state index contributed by atoms with van der Waals surface area (Å²) in [5.74, 6) is 1.88. The van der Waals surface area contributed by atoms with Crippen LogP contribution in [0, 0.1) is 0 Å². The van der Waals surface area contributed by atoms with E-state index in [-0.39, 0.29) is 17.9 Å². The molecule has 2 aromatic carbocycles. The van der Waals surface area contributed by atoms with Crippen molar-refractivity contribution in [2.45, 2.75) is 51.0 Å². The molecule has 3 aromatic rings. The van der Waals surface area contributed by atoms with Gasteiger partial charge in [-0.3, -0.25) is 14.5 Å². The molecule has 0 N–H and O–H groups in total. The molecule has 9 heteroatoms. The number of unbranched alkanes of at least 4 members (excludes halogenated alkanes) is 2. The largest absolute Gasteiger partial charge is 0.494 e. The molecule has 226 valence electrons. The number of ether oxygens (including phenoxy) is 1. The van der Waals surface area contributed by atoms with Crippen LogP contribution >= 0.6 is 0 Å². The monoisotopic (exact) mass is 582 g/mol. The van der Waals surface area contributed by atoms with Crippen molar-refractivity contribution in [3.05, 3.63) is 78.1 Å². The van der Waals surface area contributed by atoms with E-state index in [1.54, 1.807) is 12.4 Å². The lowest BCUT2D eigenvalue weighted by molar-refractivity contribution is -0.119. The molecule has 2 saturated heterocycles. The minimum atomic E-state index is 0.0486. The summed E-state index contributed by atoms with van der Waals surface area (Å²) >= 11 is 0. The maximum atomic E-state index is 13.2. The quantitative estimate of drug-likeness (QED) is 0.327. The first kappa shape index (κ1) is 29.1. The summed E-state index contributed by atoms with van der Waals surface area (Å²) in [6.07, 6.45) is 9.87. The summed E-state index contributed by atoms with van der Waals surface area (Å²) in [6.45, 7) is 7.14. The zero-order chi connectivity index (χ0) is 29.4. The molecule has 0 aliphatic carbocycles. The minimum absolute atomic E-state index is 0.0486.